The molecule has 0 saturated heterocycles. The van der Waals surface area contributed by atoms with Gasteiger partial charge in [0.1, 0.15) is 13.2 Å². The molecule has 0 rings (SSSR count). The van der Waals surface area contributed by atoms with Gasteiger partial charge in [-0.1, -0.05) is 283 Å². The van der Waals surface area contributed by atoms with E-state index in [0.29, 0.717) is 19.3 Å². The first kappa shape index (κ1) is 64.9. The van der Waals surface area contributed by atoms with Crippen LogP contribution >= 0.6 is 0 Å². The van der Waals surface area contributed by atoms with E-state index in [2.05, 4.69) is 45.1 Å². The van der Waals surface area contributed by atoms with Gasteiger partial charge in [0.05, 0.1) is 0 Å². The third-order valence-corrected chi connectivity index (χ3v) is 13.5. The van der Waals surface area contributed by atoms with Crippen molar-refractivity contribution >= 4 is 17.9 Å². The summed E-state index contributed by atoms with van der Waals surface area (Å²) in [5.41, 5.74) is 0. The summed E-state index contributed by atoms with van der Waals surface area (Å²) in [6.07, 6.45) is 66.3. The Morgan fingerprint density at radius 1 is 0.299 bits per heavy atom. The van der Waals surface area contributed by atoms with Gasteiger partial charge < -0.3 is 14.2 Å². The number of allylic oxidation sites excluding steroid dienone is 4. The van der Waals surface area contributed by atoms with Gasteiger partial charge in [-0.3, -0.25) is 14.4 Å². The predicted octanol–water partition coefficient (Wildman–Crippen LogP) is 19.9. The van der Waals surface area contributed by atoms with Gasteiger partial charge in [0, 0.05) is 19.3 Å². The fourth-order valence-corrected chi connectivity index (χ4v) is 8.95. The van der Waals surface area contributed by atoms with Crippen molar-refractivity contribution in [1.29, 1.82) is 0 Å². The number of esters is 3. The van der Waals surface area contributed by atoms with E-state index in [4.69, 9.17) is 14.2 Å². The van der Waals surface area contributed by atoms with Crippen LogP contribution in [-0.4, -0.2) is 37.2 Å². The third-order valence-electron chi connectivity index (χ3n) is 13.5. The third kappa shape index (κ3) is 54.7. The Bertz CT molecular complexity index is 1080. The molecule has 0 aromatic rings. The standard InChI is InChI=1S/C61H114O6/c1-4-7-10-13-16-18-20-22-24-26-28-30-32-34-36-38-40-42-45-48-51-54-60(63)66-57-58(56-65-59(62)53-50-47-44-15-12-9-6-3)67-61(64)55-52-49-46-43-41-39-37-35-33-31-29-27-25-23-21-19-17-14-11-8-5-2/h20,22,26,28,58H,4-19,21,23-25,27,29-57H2,1-3H3/b22-20-,28-26-. The van der Waals surface area contributed by atoms with Crippen molar-refractivity contribution in [1.82, 2.24) is 0 Å². The quantitative estimate of drug-likeness (QED) is 0.0262. The Balaban J connectivity index is 4.14. The maximum Gasteiger partial charge on any atom is 0.306 e. The molecular weight excluding hydrogens is 829 g/mol. The molecule has 6 nitrogen and oxygen atoms in total. The molecule has 1 unspecified atom stereocenters. The average molecular weight is 944 g/mol. The largest absolute Gasteiger partial charge is 0.462 e. The summed E-state index contributed by atoms with van der Waals surface area (Å²) in [7, 11) is 0. The van der Waals surface area contributed by atoms with Gasteiger partial charge in [-0.15, -0.1) is 0 Å². The van der Waals surface area contributed by atoms with Crippen LogP contribution in [0.15, 0.2) is 24.3 Å². The van der Waals surface area contributed by atoms with Gasteiger partial charge in [0.25, 0.3) is 0 Å². The van der Waals surface area contributed by atoms with E-state index in [-0.39, 0.29) is 31.1 Å². The molecule has 0 spiro atoms. The topological polar surface area (TPSA) is 78.9 Å². The van der Waals surface area contributed by atoms with Crippen molar-refractivity contribution in [2.75, 3.05) is 13.2 Å². The van der Waals surface area contributed by atoms with Crippen LogP contribution in [-0.2, 0) is 28.6 Å². The Labute approximate surface area is 417 Å². The average Bonchev–Trinajstić information content (AvgIpc) is 3.33. The number of ether oxygens (including phenoxy) is 3. The summed E-state index contributed by atoms with van der Waals surface area (Å²) in [5, 5.41) is 0. The van der Waals surface area contributed by atoms with E-state index in [9.17, 15) is 14.4 Å². The van der Waals surface area contributed by atoms with Crippen molar-refractivity contribution in [3.8, 4) is 0 Å². The van der Waals surface area contributed by atoms with Crippen molar-refractivity contribution in [2.45, 2.75) is 335 Å². The number of carbonyl (C=O) groups excluding carboxylic acids is 3. The summed E-state index contributed by atoms with van der Waals surface area (Å²) in [6.45, 7) is 6.64. The molecule has 0 amide bonds. The van der Waals surface area contributed by atoms with Crippen molar-refractivity contribution in [3.05, 3.63) is 24.3 Å². The van der Waals surface area contributed by atoms with E-state index in [1.807, 2.05) is 0 Å². The molecule has 394 valence electrons. The SMILES string of the molecule is CCCCCCC/C=C\C/C=C\CCCCCCCCCCCC(=O)OCC(COC(=O)CCCCCCCCC)OC(=O)CCCCCCCCCCCCCCCCCCCCCCC. The summed E-state index contributed by atoms with van der Waals surface area (Å²) < 4.78 is 16.8. The van der Waals surface area contributed by atoms with Crippen LogP contribution in [0.2, 0.25) is 0 Å². The molecular formula is C61H114O6. The first-order chi connectivity index (χ1) is 33.0. The van der Waals surface area contributed by atoms with Gasteiger partial charge in [0.2, 0.25) is 0 Å². The molecule has 0 aromatic heterocycles. The lowest BCUT2D eigenvalue weighted by Crippen LogP contribution is -2.30. The maximum absolute atomic E-state index is 12.8. The number of hydrogen-bond acceptors (Lipinski definition) is 6. The molecule has 0 aliphatic heterocycles. The molecule has 0 aliphatic rings. The van der Waals surface area contributed by atoms with Crippen molar-refractivity contribution in [3.63, 3.8) is 0 Å². The molecule has 0 heterocycles. The molecule has 0 fully saturated rings. The van der Waals surface area contributed by atoms with E-state index in [1.165, 1.54) is 225 Å². The number of hydrogen-bond donors (Lipinski definition) is 0. The van der Waals surface area contributed by atoms with Gasteiger partial charge in [-0.05, 0) is 51.4 Å². The number of rotatable bonds is 55. The Morgan fingerprint density at radius 3 is 0.821 bits per heavy atom. The lowest BCUT2D eigenvalue weighted by Gasteiger charge is -2.18. The molecule has 0 radical (unpaired) electrons. The first-order valence-corrected chi connectivity index (χ1v) is 29.8. The molecule has 67 heavy (non-hydrogen) atoms. The van der Waals surface area contributed by atoms with Crippen LogP contribution in [0, 0.1) is 0 Å². The Morgan fingerprint density at radius 2 is 0.537 bits per heavy atom. The highest BCUT2D eigenvalue weighted by Crippen LogP contribution is 2.17. The number of unbranched alkanes of at least 4 members (excludes halogenated alkanes) is 40. The fraction of sp³-hybridized carbons (Fsp3) is 0.885. The molecule has 6 heteroatoms. The fourth-order valence-electron chi connectivity index (χ4n) is 8.95. The summed E-state index contributed by atoms with van der Waals surface area (Å²) in [4.78, 5) is 38.0. The zero-order chi connectivity index (χ0) is 48.6. The van der Waals surface area contributed by atoms with Crippen LogP contribution in [0.25, 0.3) is 0 Å². The van der Waals surface area contributed by atoms with Gasteiger partial charge in [-0.2, -0.15) is 0 Å². The summed E-state index contributed by atoms with van der Waals surface area (Å²) in [5.74, 6) is -0.858. The summed E-state index contributed by atoms with van der Waals surface area (Å²) >= 11 is 0. The van der Waals surface area contributed by atoms with Gasteiger partial charge in [0.15, 0.2) is 6.10 Å². The van der Waals surface area contributed by atoms with Crippen molar-refractivity contribution < 1.29 is 28.6 Å². The second-order valence-electron chi connectivity index (χ2n) is 20.3. The van der Waals surface area contributed by atoms with E-state index in [1.54, 1.807) is 0 Å². The molecule has 0 saturated carbocycles. The van der Waals surface area contributed by atoms with Crippen molar-refractivity contribution in [2.24, 2.45) is 0 Å². The van der Waals surface area contributed by atoms with Crippen LogP contribution in [0.1, 0.15) is 329 Å². The predicted molar refractivity (Wildman–Crippen MR) is 289 cm³/mol. The second-order valence-corrected chi connectivity index (χ2v) is 20.3. The molecule has 0 aliphatic carbocycles. The van der Waals surface area contributed by atoms with E-state index in [0.717, 1.165) is 64.2 Å². The molecule has 0 N–H and O–H groups in total. The Kier molecular flexibility index (Phi) is 54.7. The highest BCUT2D eigenvalue weighted by molar-refractivity contribution is 5.71. The monoisotopic (exact) mass is 943 g/mol. The van der Waals surface area contributed by atoms with Crippen LogP contribution < -0.4 is 0 Å². The first-order valence-electron chi connectivity index (χ1n) is 29.8. The highest BCUT2D eigenvalue weighted by Gasteiger charge is 2.19. The number of carbonyl (C=O) groups is 3. The second kappa shape index (κ2) is 56.5. The lowest BCUT2D eigenvalue weighted by atomic mass is 10.0. The van der Waals surface area contributed by atoms with Crippen LogP contribution in [0.3, 0.4) is 0 Å². The van der Waals surface area contributed by atoms with Gasteiger partial charge in [-0.25, -0.2) is 0 Å². The highest BCUT2D eigenvalue weighted by atomic mass is 16.6. The summed E-state index contributed by atoms with van der Waals surface area (Å²) in [6, 6.07) is 0. The minimum atomic E-state index is -0.766. The Hall–Kier alpha value is -2.11. The lowest BCUT2D eigenvalue weighted by molar-refractivity contribution is -0.167. The zero-order valence-electron chi connectivity index (χ0n) is 45.2. The van der Waals surface area contributed by atoms with E-state index >= 15 is 0 Å². The zero-order valence-corrected chi connectivity index (χ0v) is 45.2. The van der Waals surface area contributed by atoms with Crippen LogP contribution in [0.5, 0.6) is 0 Å². The normalized spacial score (nSPS) is 12.1. The van der Waals surface area contributed by atoms with Crippen LogP contribution in [0.4, 0.5) is 0 Å². The molecule has 0 bridgehead atoms. The molecule has 1 atom stereocenters. The van der Waals surface area contributed by atoms with Gasteiger partial charge >= 0.3 is 17.9 Å². The smallest absolute Gasteiger partial charge is 0.306 e. The minimum absolute atomic E-state index is 0.0681. The minimum Gasteiger partial charge on any atom is -0.462 e. The molecule has 0 aromatic carbocycles. The maximum atomic E-state index is 12.8. The van der Waals surface area contributed by atoms with E-state index < -0.39 is 6.10 Å².